The molecule has 2 heterocycles. The molecule has 0 aliphatic rings. The minimum atomic E-state index is -0.610. The van der Waals surface area contributed by atoms with Gasteiger partial charge in [-0.3, -0.25) is 19.3 Å². The van der Waals surface area contributed by atoms with E-state index < -0.39 is 5.91 Å². The summed E-state index contributed by atoms with van der Waals surface area (Å²) in [5.74, 6) is 1.01. The van der Waals surface area contributed by atoms with Crippen LogP contribution in [0.5, 0.6) is 17.2 Å². The number of primary amides is 1. The number of aryl methyl sites for hydroxylation is 1. The topological polar surface area (TPSA) is 133 Å². The van der Waals surface area contributed by atoms with E-state index in [-0.39, 0.29) is 11.5 Å². The average Bonchev–Trinajstić information content (AvgIpc) is 3.32. The third-order valence-electron chi connectivity index (χ3n) is 6.00. The smallest absolute Gasteiger partial charge is 0.256 e. The molecule has 0 bridgehead atoms. The van der Waals surface area contributed by atoms with Gasteiger partial charge in [0.15, 0.2) is 5.82 Å². The van der Waals surface area contributed by atoms with Crippen LogP contribution in [-0.2, 0) is 13.6 Å². The Balaban J connectivity index is 1.32. The Morgan fingerprint density at radius 3 is 2.46 bits per heavy atom. The molecule has 3 aromatic carbocycles. The van der Waals surface area contributed by atoms with Crippen LogP contribution in [0.1, 0.15) is 26.3 Å². The number of carbonyl (C=O) groups is 2. The molecule has 0 saturated carbocycles. The lowest BCUT2D eigenvalue weighted by molar-refractivity contribution is 0.0950. The zero-order chi connectivity index (χ0) is 27.4. The molecule has 0 radical (unpaired) electrons. The molecule has 0 unspecified atom stereocenters. The Kier molecular flexibility index (Phi) is 7.09. The third kappa shape index (κ3) is 5.64. The maximum absolute atomic E-state index is 12.8. The number of nitrogens with zero attached hydrogens (tertiary/aromatic N) is 3. The number of fused-ring (bicyclic) bond motifs is 1. The number of hydrogen-bond acceptors (Lipinski definition) is 7. The Bertz CT molecular complexity index is 1650. The van der Waals surface area contributed by atoms with Crippen molar-refractivity contribution >= 4 is 34.2 Å². The molecule has 5 rings (SSSR count). The van der Waals surface area contributed by atoms with Crippen molar-refractivity contribution in [2.45, 2.75) is 6.54 Å². The number of benzene rings is 3. The van der Waals surface area contributed by atoms with Crippen molar-refractivity contribution in [1.82, 2.24) is 20.1 Å². The summed E-state index contributed by atoms with van der Waals surface area (Å²) >= 11 is 0. The molecule has 0 atom stereocenters. The molecule has 10 heteroatoms. The van der Waals surface area contributed by atoms with Gasteiger partial charge in [-0.05, 0) is 42.0 Å². The van der Waals surface area contributed by atoms with Crippen LogP contribution in [0, 0.1) is 0 Å². The molecule has 2 amide bonds. The summed E-state index contributed by atoms with van der Waals surface area (Å²) in [5, 5.41) is 11.2. The Hall–Kier alpha value is -5.38. The first-order valence-electron chi connectivity index (χ1n) is 12.1. The molecular formula is C29H26N6O4. The second-order valence-corrected chi connectivity index (χ2v) is 8.73. The lowest BCUT2D eigenvalue weighted by Gasteiger charge is -2.12. The summed E-state index contributed by atoms with van der Waals surface area (Å²) < 4.78 is 13.0. The highest BCUT2D eigenvalue weighted by Crippen LogP contribution is 2.33. The molecule has 2 aromatic heterocycles. The molecule has 0 saturated heterocycles. The zero-order valence-corrected chi connectivity index (χ0v) is 21.3. The van der Waals surface area contributed by atoms with E-state index in [4.69, 9.17) is 15.2 Å². The van der Waals surface area contributed by atoms with Gasteiger partial charge in [-0.15, -0.1) is 0 Å². The fourth-order valence-corrected chi connectivity index (χ4v) is 4.09. The van der Waals surface area contributed by atoms with Crippen molar-refractivity contribution in [3.05, 3.63) is 102 Å². The number of nitrogens with two attached hydrogens (primary N) is 1. The van der Waals surface area contributed by atoms with Crippen LogP contribution < -0.4 is 25.8 Å². The maximum Gasteiger partial charge on any atom is 0.256 e. The normalized spacial score (nSPS) is 10.7. The van der Waals surface area contributed by atoms with Crippen molar-refractivity contribution in [1.29, 1.82) is 0 Å². The number of ether oxygens (including phenoxy) is 2. The largest absolute Gasteiger partial charge is 0.496 e. The molecule has 0 spiro atoms. The predicted molar refractivity (Wildman–Crippen MR) is 147 cm³/mol. The quantitative estimate of drug-likeness (QED) is 0.259. The average molecular weight is 523 g/mol. The molecule has 0 aliphatic carbocycles. The number of amides is 2. The van der Waals surface area contributed by atoms with Gasteiger partial charge in [-0.1, -0.05) is 30.3 Å². The predicted octanol–water partition coefficient (Wildman–Crippen LogP) is 4.54. The number of hydrogen-bond donors (Lipinski definition) is 3. The summed E-state index contributed by atoms with van der Waals surface area (Å²) in [7, 11) is 3.23. The minimum absolute atomic E-state index is 0.231. The van der Waals surface area contributed by atoms with Gasteiger partial charge in [0, 0.05) is 43.1 Å². The van der Waals surface area contributed by atoms with Crippen molar-refractivity contribution < 1.29 is 19.1 Å². The number of nitrogens with one attached hydrogen (secondary N) is 2. The lowest BCUT2D eigenvalue weighted by atomic mass is 10.1. The van der Waals surface area contributed by atoms with Gasteiger partial charge >= 0.3 is 0 Å². The molecule has 5 aromatic rings. The summed E-state index contributed by atoms with van der Waals surface area (Å²) in [6.45, 7) is 0.414. The van der Waals surface area contributed by atoms with Crippen LogP contribution in [0.25, 0.3) is 10.9 Å². The lowest BCUT2D eigenvalue weighted by Crippen LogP contribution is -2.23. The fourth-order valence-electron chi connectivity index (χ4n) is 4.09. The van der Waals surface area contributed by atoms with E-state index in [1.165, 1.54) is 7.11 Å². The number of methoxy groups -OCH3 is 1. The Morgan fingerprint density at radius 1 is 0.974 bits per heavy atom. The highest BCUT2D eigenvalue weighted by Gasteiger charge is 2.17. The van der Waals surface area contributed by atoms with Crippen LogP contribution in [0.3, 0.4) is 0 Å². The summed E-state index contributed by atoms with van der Waals surface area (Å²) in [5.41, 5.74) is 8.51. The van der Waals surface area contributed by atoms with Gasteiger partial charge in [0.1, 0.15) is 22.8 Å². The van der Waals surface area contributed by atoms with E-state index in [1.54, 1.807) is 54.5 Å². The standard InChI is InChI=1S/C29H26N6O4/c1-35-17-23(29(37)32-16-18-6-4-3-5-7-18)28(34-35)33-19-8-10-20(11-9-19)39-25-12-13-31-24-15-26(38-2)22(27(30)36)14-21(24)25/h3-15,17H,16H2,1-2H3,(H2,30,36)(H,32,37)(H,33,34). The summed E-state index contributed by atoms with van der Waals surface area (Å²) in [6, 6.07) is 21.9. The van der Waals surface area contributed by atoms with Crippen LogP contribution in [0.2, 0.25) is 0 Å². The SMILES string of the molecule is COc1cc2nccc(Oc3ccc(Nc4nn(C)cc4C(=O)NCc4ccccc4)cc3)c2cc1C(N)=O. The van der Waals surface area contributed by atoms with E-state index in [0.29, 0.717) is 46.1 Å². The Labute approximate surface area is 224 Å². The first-order chi connectivity index (χ1) is 18.9. The van der Waals surface area contributed by atoms with Crippen molar-refractivity contribution in [3.63, 3.8) is 0 Å². The first-order valence-corrected chi connectivity index (χ1v) is 12.1. The zero-order valence-electron chi connectivity index (χ0n) is 21.3. The van der Waals surface area contributed by atoms with Gasteiger partial charge in [0.25, 0.3) is 11.8 Å². The molecule has 196 valence electrons. The summed E-state index contributed by atoms with van der Waals surface area (Å²) in [4.78, 5) is 29.1. The molecule has 4 N–H and O–H groups in total. The summed E-state index contributed by atoms with van der Waals surface area (Å²) in [6.07, 6.45) is 3.28. The van der Waals surface area contributed by atoms with Crippen molar-refractivity contribution in [2.75, 3.05) is 12.4 Å². The van der Waals surface area contributed by atoms with E-state index in [2.05, 4.69) is 20.7 Å². The maximum atomic E-state index is 12.8. The highest BCUT2D eigenvalue weighted by molar-refractivity contribution is 6.01. The first kappa shape index (κ1) is 25.3. The van der Waals surface area contributed by atoms with E-state index in [9.17, 15) is 9.59 Å². The van der Waals surface area contributed by atoms with E-state index >= 15 is 0 Å². The Morgan fingerprint density at radius 2 is 1.74 bits per heavy atom. The van der Waals surface area contributed by atoms with Crippen LogP contribution in [-0.4, -0.2) is 33.7 Å². The van der Waals surface area contributed by atoms with Gasteiger partial charge < -0.3 is 25.8 Å². The molecule has 0 fully saturated rings. The molecular weight excluding hydrogens is 496 g/mol. The third-order valence-corrected chi connectivity index (χ3v) is 6.00. The molecule has 10 nitrogen and oxygen atoms in total. The molecule has 39 heavy (non-hydrogen) atoms. The van der Waals surface area contributed by atoms with Crippen LogP contribution >= 0.6 is 0 Å². The van der Waals surface area contributed by atoms with Gasteiger partial charge in [-0.25, -0.2) is 0 Å². The van der Waals surface area contributed by atoms with Crippen molar-refractivity contribution in [2.24, 2.45) is 12.8 Å². The molecule has 0 aliphatic heterocycles. The number of carbonyl (C=O) groups excluding carboxylic acids is 2. The van der Waals surface area contributed by atoms with E-state index in [0.717, 1.165) is 11.3 Å². The fraction of sp³-hybridized carbons (Fsp3) is 0.103. The number of pyridine rings is 1. The van der Waals surface area contributed by atoms with Gasteiger partial charge in [0.05, 0.1) is 18.2 Å². The minimum Gasteiger partial charge on any atom is -0.496 e. The number of aromatic nitrogens is 3. The highest BCUT2D eigenvalue weighted by atomic mass is 16.5. The van der Waals surface area contributed by atoms with E-state index in [1.807, 2.05) is 42.5 Å². The van der Waals surface area contributed by atoms with Crippen LogP contribution in [0.4, 0.5) is 11.5 Å². The van der Waals surface area contributed by atoms with Crippen LogP contribution in [0.15, 0.2) is 85.2 Å². The monoisotopic (exact) mass is 522 g/mol. The number of anilines is 2. The second kappa shape index (κ2) is 10.9. The number of rotatable bonds is 9. The van der Waals surface area contributed by atoms with Crippen molar-refractivity contribution in [3.8, 4) is 17.2 Å². The van der Waals surface area contributed by atoms with Gasteiger partial charge in [-0.2, -0.15) is 5.10 Å². The second-order valence-electron chi connectivity index (χ2n) is 8.73. The van der Waals surface area contributed by atoms with Gasteiger partial charge in [0.2, 0.25) is 0 Å².